The van der Waals surface area contributed by atoms with Crippen molar-refractivity contribution in [2.45, 2.75) is 50.4 Å². The van der Waals surface area contributed by atoms with Gasteiger partial charge >= 0.3 is 0 Å². The van der Waals surface area contributed by atoms with E-state index in [-0.39, 0.29) is 11.9 Å². The van der Waals surface area contributed by atoms with Crippen molar-refractivity contribution in [1.82, 2.24) is 0 Å². The van der Waals surface area contributed by atoms with E-state index in [2.05, 4.69) is 6.58 Å². The zero-order valence-corrected chi connectivity index (χ0v) is 9.00. The van der Waals surface area contributed by atoms with Crippen LogP contribution in [-0.2, 0) is 9.47 Å². The van der Waals surface area contributed by atoms with Gasteiger partial charge in [-0.05, 0) is 18.8 Å². The highest BCUT2D eigenvalue weighted by molar-refractivity contribution is 5.06. The Hall–Kier alpha value is -0.340. The molecule has 0 radical (unpaired) electrons. The zero-order chi connectivity index (χ0) is 10.0. The fourth-order valence-electron chi connectivity index (χ4n) is 2.88. The SMILES string of the molecule is C=C[C@@]12CCCCC[C@@H]1CC(OC)O2. The lowest BCUT2D eigenvalue weighted by atomic mass is 9.83. The van der Waals surface area contributed by atoms with Gasteiger partial charge in [0.15, 0.2) is 6.29 Å². The van der Waals surface area contributed by atoms with Crippen LogP contribution >= 0.6 is 0 Å². The van der Waals surface area contributed by atoms with Gasteiger partial charge in [0.1, 0.15) is 0 Å². The Morgan fingerprint density at radius 2 is 2.29 bits per heavy atom. The van der Waals surface area contributed by atoms with Crippen molar-refractivity contribution in [3.63, 3.8) is 0 Å². The number of hydrogen-bond acceptors (Lipinski definition) is 2. The molecular formula is C12H20O2. The average molecular weight is 196 g/mol. The second-order valence-electron chi connectivity index (χ2n) is 4.47. The Labute approximate surface area is 86.3 Å². The van der Waals surface area contributed by atoms with Gasteiger partial charge in [-0.15, -0.1) is 6.58 Å². The molecule has 1 unspecified atom stereocenters. The van der Waals surface area contributed by atoms with Gasteiger partial charge in [0.25, 0.3) is 0 Å². The summed E-state index contributed by atoms with van der Waals surface area (Å²) in [5, 5.41) is 0. The second kappa shape index (κ2) is 4.03. The van der Waals surface area contributed by atoms with Crippen LogP contribution in [-0.4, -0.2) is 19.0 Å². The lowest BCUT2D eigenvalue weighted by Crippen LogP contribution is -2.32. The summed E-state index contributed by atoms with van der Waals surface area (Å²) in [6.07, 6.45) is 9.39. The molecule has 1 saturated carbocycles. The van der Waals surface area contributed by atoms with E-state index in [0.717, 1.165) is 12.8 Å². The molecule has 0 aromatic heterocycles. The van der Waals surface area contributed by atoms with Gasteiger partial charge in [0.2, 0.25) is 0 Å². The van der Waals surface area contributed by atoms with Gasteiger partial charge < -0.3 is 9.47 Å². The smallest absolute Gasteiger partial charge is 0.158 e. The molecule has 0 bridgehead atoms. The van der Waals surface area contributed by atoms with Gasteiger partial charge in [-0.1, -0.05) is 25.3 Å². The molecule has 1 heterocycles. The summed E-state index contributed by atoms with van der Waals surface area (Å²) in [4.78, 5) is 0. The highest BCUT2D eigenvalue weighted by Gasteiger charge is 2.46. The number of methoxy groups -OCH3 is 1. The monoisotopic (exact) mass is 196 g/mol. The molecular weight excluding hydrogens is 176 g/mol. The first kappa shape index (κ1) is 10.2. The molecule has 0 amide bonds. The summed E-state index contributed by atoms with van der Waals surface area (Å²) < 4.78 is 11.3. The molecule has 0 N–H and O–H groups in total. The molecule has 0 spiro atoms. The van der Waals surface area contributed by atoms with Crippen LogP contribution < -0.4 is 0 Å². The first-order valence-electron chi connectivity index (χ1n) is 5.65. The summed E-state index contributed by atoms with van der Waals surface area (Å²) in [7, 11) is 1.73. The Morgan fingerprint density at radius 1 is 1.43 bits per heavy atom. The predicted molar refractivity (Wildman–Crippen MR) is 56.0 cm³/mol. The van der Waals surface area contributed by atoms with E-state index in [4.69, 9.17) is 9.47 Å². The zero-order valence-electron chi connectivity index (χ0n) is 9.00. The van der Waals surface area contributed by atoms with Gasteiger partial charge in [-0.25, -0.2) is 0 Å². The van der Waals surface area contributed by atoms with E-state index >= 15 is 0 Å². The standard InChI is InChI=1S/C12H20O2/c1-3-12-8-6-4-5-7-10(12)9-11(13-2)14-12/h3,10-11H,1,4-9H2,2H3/t10-,11?,12-/m1/s1. The van der Waals surface area contributed by atoms with E-state index in [1.165, 1.54) is 25.7 Å². The van der Waals surface area contributed by atoms with Gasteiger partial charge in [-0.2, -0.15) is 0 Å². The van der Waals surface area contributed by atoms with Gasteiger partial charge in [-0.3, -0.25) is 0 Å². The predicted octanol–water partition coefficient (Wildman–Crippen LogP) is 2.88. The van der Waals surface area contributed by atoms with E-state index < -0.39 is 0 Å². The maximum absolute atomic E-state index is 5.99. The van der Waals surface area contributed by atoms with Crippen LogP contribution in [0.2, 0.25) is 0 Å². The molecule has 1 aliphatic carbocycles. The molecule has 2 fully saturated rings. The van der Waals surface area contributed by atoms with Crippen molar-refractivity contribution in [3.8, 4) is 0 Å². The number of rotatable bonds is 2. The fraction of sp³-hybridized carbons (Fsp3) is 0.833. The Morgan fingerprint density at radius 3 is 3.00 bits per heavy atom. The van der Waals surface area contributed by atoms with Crippen LogP contribution in [0.5, 0.6) is 0 Å². The second-order valence-corrected chi connectivity index (χ2v) is 4.47. The summed E-state index contributed by atoms with van der Waals surface area (Å²) in [5.41, 5.74) is -0.0722. The molecule has 1 aliphatic heterocycles. The minimum absolute atomic E-state index is 0.00361. The molecule has 80 valence electrons. The normalized spacial score (nSPS) is 42.9. The third-order valence-corrected chi connectivity index (χ3v) is 3.75. The lowest BCUT2D eigenvalue weighted by molar-refractivity contribution is -0.143. The van der Waals surface area contributed by atoms with E-state index in [1.807, 2.05) is 6.08 Å². The molecule has 2 rings (SSSR count). The number of fused-ring (bicyclic) bond motifs is 1. The largest absolute Gasteiger partial charge is 0.356 e. The summed E-state index contributed by atoms with van der Waals surface area (Å²) in [5.74, 6) is 0.632. The highest BCUT2D eigenvalue weighted by atomic mass is 16.7. The van der Waals surface area contributed by atoms with Crippen molar-refractivity contribution in [2.24, 2.45) is 5.92 Å². The van der Waals surface area contributed by atoms with Crippen LogP contribution in [0.1, 0.15) is 38.5 Å². The minimum Gasteiger partial charge on any atom is -0.356 e. The topological polar surface area (TPSA) is 18.5 Å². The average Bonchev–Trinajstić information content (AvgIpc) is 2.46. The Kier molecular flexibility index (Phi) is 2.93. The number of ether oxygens (including phenoxy) is 2. The van der Waals surface area contributed by atoms with Crippen molar-refractivity contribution < 1.29 is 9.47 Å². The van der Waals surface area contributed by atoms with Crippen molar-refractivity contribution in [2.75, 3.05) is 7.11 Å². The highest BCUT2D eigenvalue weighted by Crippen LogP contribution is 2.45. The molecule has 1 saturated heterocycles. The van der Waals surface area contributed by atoms with Crippen LogP contribution in [0.3, 0.4) is 0 Å². The summed E-state index contributed by atoms with van der Waals surface area (Å²) >= 11 is 0. The first-order valence-corrected chi connectivity index (χ1v) is 5.65. The fourth-order valence-corrected chi connectivity index (χ4v) is 2.88. The third kappa shape index (κ3) is 1.61. The van der Waals surface area contributed by atoms with E-state index in [0.29, 0.717) is 5.92 Å². The number of hydrogen-bond donors (Lipinski definition) is 0. The molecule has 2 nitrogen and oxygen atoms in total. The quantitative estimate of drug-likeness (QED) is 0.632. The minimum atomic E-state index is -0.0722. The third-order valence-electron chi connectivity index (χ3n) is 3.75. The summed E-state index contributed by atoms with van der Waals surface area (Å²) in [6, 6.07) is 0. The van der Waals surface area contributed by atoms with Crippen LogP contribution in [0.25, 0.3) is 0 Å². The first-order chi connectivity index (χ1) is 6.80. The molecule has 2 heteroatoms. The molecule has 2 aliphatic rings. The van der Waals surface area contributed by atoms with Crippen LogP contribution in [0.15, 0.2) is 12.7 Å². The molecule has 3 atom stereocenters. The lowest BCUT2D eigenvalue weighted by Gasteiger charge is -2.29. The maximum Gasteiger partial charge on any atom is 0.158 e. The van der Waals surface area contributed by atoms with Gasteiger partial charge in [0.05, 0.1) is 5.60 Å². The van der Waals surface area contributed by atoms with E-state index in [1.54, 1.807) is 7.11 Å². The van der Waals surface area contributed by atoms with Gasteiger partial charge in [0, 0.05) is 13.5 Å². The molecule has 14 heavy (non-hydrogen) atoms. The Balaban J connectivity index is 2.15. The van der Waals surface area contributed by atoms with Crippen molar-refractivity contribution in [1.29, 1.82) is 0 Å². The van der Waals surface area contributed by atoms with Crippen molar-refractivity contribution >= 4 is 0 Å². The molecule has 0 aromatic carbocycles. The van der Waals surface area contributed by atoms with E-state index in [9.17, 15) is 0 Å². The van der Waals surface area contributed by atoms with Crippen LogP contribution in [0.4, 0.5) is 0 Å². The summed E-state index contributed by atoms with van der Waals surface area (Å²) in [6.45, 7) is 3.95. The van der Waals surface area contributed by atoms with Crippen LogP contribution in [0, 0.1) is 5.92 Å². The Bertz CT molecular complexity index is 214. The molecule has 0 aromatic rings. The van der Waals surface area contributed by atoms with Crippen molar-refractivity contribution in [3.05, 3.63) is 12.7 Å². The maximum atomic E-state index is 5.99.